The second-order valence-corrected chi connectivity index (χ2v) is 5.48. The Morgan fingerprint density at radius 2 is 2.12 bits per heavy atom. The van der Waals surface area contributed by atoms with Crippen LogP contribution < -0.4 is 10.6 Å². The van der Waals surface area contributed by atoms with Gasteiger partial charge in [-0.2, -0.15) is 0 Å². The van der Waals surface area contributed by atoms with Gasteiger partial charge >= 0.3 is 0 Å². The van der Waals surface area contributed by atoms with Crippen LogP contribution in [0.4, 0.5) is 0 Å². The van der Waals surface area contributed by atoms with Crippen LogP contribution in [0.25, 0.3) is 0 Å². The lowest BCUT2D eigenvalue weighted by Gasteiger charge is -2.12. The predicted molar refractivity (Wildman–Crippen MR) is 109 cm³/mol. The molecule has 132 valence electrons. The fraction of sp³-hybridized carbons (Fsp3) is 0.438. The van der Waals surface area contributed by atoms with E-state index in [0.29, 0.717) is 6.54 Å². The van der Waals surface area contributed by atoms with E-state index in [2.05, 4.69) is 32.7 Å². The molecule has 0 unspecified atom stereocenters. The lowest BCUT2D eigenvalue weighted by Crippen LogP contribution is -2.38. The van der Waals surface area contributed by atoms with Gasteiger partial charge in [-0.3, -0.25) is 0 Å². The van der Waals surface area contributed by atoms with Crippen molar-refractivity contribution in [2.45, 2.75) is 33.4 Å². The molecule has 0 spiro atoms. The number of hydrogen-bond donors (Lipinski definition) is 2. The van der Waals surface area contributed by atoms with E-state index in [1.54, 1.807) is 6.33 Å². The summed E-state index contributed by atoms with van der Waals surface area (Å²) in [4.78, 5) is 4.58. The Balaban J connectivity index is 0.00000288. The third-order valence-electron chi connectivity index (χ3n) is 3.31. The zero-order valence-corrected chi connectivity index (χ0v) is 17.1. The molecule has 0 aliphatic heterocycles. The number of aliphatic imine (C=N–C) groups is 1. The number of hydrogen-bond acceptors (Lipinski definition) is 3. The highest BCUT2D eigenvalue weighted by molar-refractivity contribution is 14.0. The Bertz CT molecular complexity index is 643. The maximum absolute atomic E-state index is 6.00. The van der Waals surface area contributed by atoms with E-state index in [-0.39, 0.29) is 24.0 Å². The average Bonchev–Trinajstić information content (AvgIpc) is 3.00. The number of aryl methyl sites for hydroxylation is 1. The molecule has 1 heterocycles. The molecule has 0 saturated heterocycles. The minimum atomic E-state index is 0. The van der Waals surface area contributed by atoms with Crippen LogP contribution in [-0.4, -0.2) is 33.8 Å². The van der Waals surface area contributed by atoms with Crippen LogP contribution in [0.15, 0.2) is 35.6 Å². The smallest absolute Gasteiger partial charge is 0.191 e. The third kappa shape index (κ3) is 6.64. The molecule has 8 heteroatoms. The van der Waals surface area contributed by atoms with Gasteiger partial charge in [0.1, 0.15) is 12.2 Å². The molecule has 2 N–H and O–H groups in total. The van der Waals surface area contributed by atoms with Gasteiger partial charge in [-0.25, -0.2) is 4.99 Å². The van der Waals surface area contributed by atoms with E-state index in [4.69, 9.17) is 11.6 Å². The summed E-state index contributed by atoms with van der Waals surface area (Å²) in [5.74, 6) is 1.78. The van der Waals surface area contributed by atoms with Crippen molar-refractivity contribution < 1.29 is 0 Å². The monoisotopic (exact) mass is 462 g/mol. The second-order valence-electron chi connectivity index (χ2n) is 5.05. The number of nitrogens with zero attached hydrogens (tertiary/aromatic N) is 4. The van der Waals surface area contributed by atoms with Crippen molar-refractivity contribution in [1.82, 2.24) is 25.4 Å². The summed E-state index contributed by atoms with van der Waals surface area (Å²) in [6.45, 7) is 7.08. The predicted octanol–water partition coefficient (Wildman–Crippen LogP) is 2.87. The van der Waals surface area contributed by atoms with Crippen molar-refractivity contribution in [1.29, 1.82) is 0 Å². The molecule has 0 fully saturated rings. The number of benzene rings is 1. The lowest BCUT2D eigenvalue weighted by molar-refractivity contribution is 0.632. The maximum Gasteiger partial charge on any atom is 0.191 e. The highest BCUT2D eigenvalue weighted by atomic mass is 127. The van der Waals surface area contributed by atoms with Gasteiger partial charge in [0.25, 0.3) is 0 Å². The van der Waals surface area contributed by atoms with Crippen LogP contribution >= 0.6 is 35.6 Å². The first-order chi connectivity index (χ1) is 11.2. The van der Waals surface area contributed by atoms with Crippen LogP contribution in [0.1, 0.15) is 25.2 Å². The van der Waals surface area contributed by atoms with E-state index >= 15 is 0 Å². The second kappa shape index (κ2) is 11.2. The number of nitrogens with one attached hydrogen (secondary N) is 2. The average molecular weight is 463 g/mol. The van der Waals surface area contributed by atoms with Crippen LogP contribution in [0.5, 0.6) is 0 Å². The Labute approximate surface area is 165 Å². The fourth-order valence-electron chi connectivity index (χ4n) is 2.18. The third-order valence-corrected chi connectivity index (χ3v) is 3.55. The van der Waals surface area contributed by atoms with Gasteiger partial charge in [-0.15, -0.1) is 34.2 Å². The summed E-state index contributed by atoms with van der Waals surface area (Å²) in [6.07, 6.45) is 2.64. The summed E-state index contributed by atoms with van der Waals surface area (Å²) < 4.78 is 2.05. The molecule has 0 amide bonds. The van der Waals surface area contributed by atoms with E-state index < -0.39 is 0 Å². The molecule has 0 radical (unpaired) electrons. The largest absolute Gasteiger partial charge is 0.357 e. The number of halogens is 2. The highest BCUT2D eigenvalue weighted by Gasteiger charge is 2.02. The fourth-order valence-corrected chi connectivity index (χ4v) is 2.39. The quantitative estimate of drug-likeness (QED) is 0.377. The van der Waals surface area contributed by atoms with Crippen LogP contribution in [0.2, 0.25) is 5.02 Å². The summed E-state index contributed by atoms with van der Waals surface area (Å²) in [5.41, 5.74) is 1.08. The highest BCUT2D eigenvalue weighted by Crippen LogP contribution is 2.11. The minimum Gasteiger partial charge on any atom is -0.357 e. The number of aromatic nitrogens is 3. The Morgan fingerprint density at radius 3 is 2.83 bits per heavy atom. The molecular formula is C16H24ClIN6. The van der Waals surface area contributed by atoms with Crippen molar-refractivity contribution in [3.05, 3.63) is 47.0 Å². The van der Waals surface area contributed by atoms with E-state index in [1.165, 1.54) is 0 Å². The van der Waals surface area contributed by atoms with Crippen LogP contribution in [0, 0.1) is 0 Å². The molecule has 0 aliphatic rings. The molecule has 0 aliphatic carbocycles. The van der Waals surface area contributed by atoms with Gasteiger partial charge in [0, 0.05) is 31.1 Å². The summed E-state index contributed by atoms with van der Waals surface area (Å²) >= 11 is 6.00. The van der Waals surface area contributed by atoms with Gasteiger partial charge in [0.05, 0.1) is 6.54 Å². The first kappa shape index (κ1) is 20.7. The van der Waals surface area contributed by atoms with Crippen LogP contribution in [-0.2, 0) is 19.5 Å². The molecule has 0 bridgehead atoms. The normalized spacial score (nSPS) is 11.0. The maximum atomic E-state index is 6.00. The van der Waals surface area contributed by atoms with Crippen LogP contribution in [0.3, 0.4) is 0 Å². The van der Waals surface area contributed by atoms with Gasteiger partial charge in [0.2, 0.25) is 0 Å². The standard InChI is InChI=1S/C16H23ClN6.HI/c1-3-15-22-21-12-23(15)9-8-19-16(18-4-2)20-11-13-6-5-7-14(17)10-13;/h5-7,10,12H,3-4,8-9,11H2,1-2H3,(H2,18,19,20);1H. The summed E-state index contributed by atoms with van der Waals surface area (Å²) in [5, 5.41) is 15.3. The summed E-state index contributed by atoms with van der Waals surface area (Å²) in [7, 11) is 0. The Hall–Kier alpha value is -1.35. The molecule has 1 aromatic heterocycles. The zero-order chi connectivity index (χ0) is 16.5. The molecule has 2 rings (SSSR count). The molecule has 24 heavy (non-hydrogen) atoms. The van der Waals surface area contributed by atoms with Crippen molar-refractivity contribution in [3.63, 3.8) is 0 Å². The molecular weight excluding hydrogens is 439 g/mol. The zero-order valence-electron chi connectivity index (χ0n) is 14.0. The molecule has 1 aromatic carbocycles. The Kier molecular flexibility index (Phi) is 9.70. The molecule has 6 nitrogen and oxygen atoms in total. The Morgan fingerprint density at radius 1 is 1.29 bits per heavy atom. The van der Waals surface area contributed by atoms with Crippen molar-refractivity contribution in [3.8, 4) is 0 Å². The molecule has 2 aromatic rings. The molecule has 0 saturated carbocycles. The minimum absolute atomic E-state index is 0. The van der Waals surface area contributed by atoms with E-state index in [9.17, 15) is 0 Å². The first-order valence-corrected chi connectivity index (χ1v) is 8.24. The lowest BCUT2D eigenvalue weighted by atomic mass is 10.2. The van der Waals surface area contributed by atoms with E-state index in [0.717, 1.165) is 48.4 Å². The molecule has 0 atom stereocenters. The van der Waals surface area contributed by atoms with Gasteiger partial charge in [-0.1, -0.05) is 30.7 Å². The first-order valence-electron chi connectivity index (χ1n) is 7.86. The van der Waals surface area contributed by atoms with Gasteiger partial charge < -0.3 is 15.2 Å². The SMILES string of the molecule is CCNC(=NCc1cccc(Cl)c1)NCCn1cnnc1CC.I. The van der Waals surface area contributed by atoms with E-state index in [1.807, 2.05) is 35.8 Å². The summed E-state index contributed by atoms with van der Waals surface area (Å²) in [6, 6.07) is 7.75. The van der Waals surface area contributed by atoms with Crippen molar-refractivity contribution >= 4 is 41.5 Å². The number of rotatable bonds is 7. The van der Waals surface area contributed by atoms with Crippen molar-refractivity contribution in [2.24, 2.45) is 4.99 Å². The number of guanidine groups is 1. The van der Waals surface area contributed by atoms with Crippen molar-refractivity contribution in [2.75, 3.05) is 13.1 Å². The van der Waals surface area contributed by atoms with Gasteiger partial charge in [0.15, 0.2) is 5.96 Å². The topological polar surface area (TPSA) is 67.1 Å². The van der Waals surface area contributed by atoms with Gasteiger partial charge in [-0.05, 0) is 24.6 Å².